The van der Waals surface area contributed by atoms with Gasteiger partial charge >= 0.3 is 0 Å². The fourth-order valence-electron chi connectivity index (χ4n) is 3.29. The van der Waals surface area contributed by atoms with Crippen molar-refractivity contribution < 1.29 is 30.7 Å². The van der Waals surface area contributed by atoms with Gasteiger partial charge in [0.25, 0.3) is 0 Å². The van der Waals surface area contributed by atoms with Crippen molar-refractivity contribution in [1.82, 2.24) is 15.0 Å². The minimum Gasteiger partial charge on any atom is -0.488 e. The molecule has 0 saturated carbocycles. The number of benzene rings is 3. The predicted octanol–water partition coefficient (Wildman–Crippen LogP) is 4.96. The monoisotopic (exact) mass is 518 g/mol. The van der Waals surface area contributed by atoms with Crippen molar-refractivity contribution in [3.05, 3.63) is 95.3 Å². The molecule has 0 amide bonds. The van der Waals surface area contributed by atoms with E-state index < -0.39 is 39.7 Å². The van der Waals surface area contributed by atoms with Crippen LogP contribution in [0.5, 0.6) is 5.75 Å². The topological polar surface area (TPSA) is 94.1 Å². The normalized spacial score (nSPS) is 11.4. The molecule has 1 heterocycles. The predicted molar refractivity (Wildman–Crippen MR) is 124 cm³/mol. The summed E-state index contributed by atoms with van der Waals surface area (Å²) in [6.45, 7) is -0.511. The summed E-state index contributed by atoms with van der Waals surface area (Å²) in [5.41, 5.74) is 1.06. The van der Waals surface area contributed by atoms with Crippen LogP contribution in [0.1, 0.15) is 11.1 Å². The second-order valence-corrected chi connectivity index (χ2v) is 9.96. The molecule has 0 aliphatic rings. The summed E-state index contributed by atoms with van der Waals surface area (Å²) in [6, 6.07) is 11.2. The van der Waals surface area contributed by atoms with E-state index in [1.165, 1.54) is 12.4 Å². The molecule has 4 aromatic rings. The van der Waals surface area contributed by atoms with Gasteiger partial charge in [-0.25, -0.2) is 35.9 Å². The third kappa shape index (κ3) is 6.33. The SMILES string of the molecule is CS(=O)(=O)Cc1cccc(Nc2ncnc(-c3ccc(F)cc3OCc3cc(F)c(F)cc3F)n2)c1. The lowest BCUT2D eigenvalue weighted by atomic mass is 10.1. The fourth-order valence-corrected chi connectivity index (χ4v) is 4.07. The van der Waals surface area contributed by atoms with E-state index in [4.69, 9.17) is 4.74 Å². The number of rotatable bonds is 8. The molecule has 0 aliphatic carbocycles. The first-order valence-electron chi connectivity index (χ1n) is 10.4. The molecule has 3 aromatic carbocycles. The Morgan fingerprint density at radius 2 is 1.69 bits per heavy atom. The van der Waals surface area contributed by atoms with Crippen LogP contribution in [-0.4, -0.2) is 29.6 Å². The highest BCUT2D eigenvalue weighted by Gasteiger charge is 2.15. The zero-order valence-electron chi connectivity index (χ0n) is 18.7. The van der Waals surface area contributed by atoms with Crippen molar-refractivity contribution in [2.45, 2.75) is 12.4 Å². The molecule has 12 heteroatoms. The fraction of sp³-hybridized carbons (Fsp3) is 0.125. The summed E-state index contributed by atoms with van der Waals surface area (Å²) in [5.74, 6) is -4.27. The van der Waals surface area contributed by atoms with Crippen LogP contribution in [-0.2, 0) is 22.2 Å². The van der Waals surface area contributed by atoms with Gasteiger partial charge in [-0.3, -0.25) is 0 Å². The number of ether oxygens (including phenoxy) is 1. The van der Waals surface area contributed by atoms with Gasteiger partial charge in [0.05, 0.1) is 11.3 Å². The second kappa shape index (κ2) is 10.3. The Morgan fingerprint density at radius 3 is 2.47 bits per heavy atom. The Bertz CT molecular complexity index is 1530. The molecule has 0 aliphatic heterocycles. The van der Waals surface area contributed by atoms with Crippen molar-refractivity contribution in [1.29, 1.82) is 0 Å². The van der Waals surface area contributed by atoms with E-state index in [9.17, 15) is 26.0 Å². The number of sulfone groups is 1. The summed E-state index contributed by atoms with van der Waals surface area (Å²) in [6.07, 6.45) is 2.34. The van der Waals surface area contributed by atoms with Crippen LogP contribution in [0.15, 0.2) is 60.9 Å². The van der Waals surface area contributed by atoms with Gasteiger partial charge < -0.3 is 10.1 Å². The lowest BCUT2D eigenvalue weighted by Crippen LogP contribution is -2.04. The van der Waals surface area contributed by atoms with Gasteiger partial charge in [0.2, 0.25) is 5.95 Å². The van der Waals surface area contributed by atoms with E-state index in [0.717, 1.165) is 18.4 Å². The summed E-state index contributed by atoms with van der Waals surface area (Å²) < 4.78 is 83.3. The summed E-state index contributed by atoms with van der Waals surface area (Å²) in [7, 11) is -3.23. The first-order valence-corrected chi connectivity index (χ1v) is 12.4. The summed E-state index contributed by atoms with van der Waals surface area (Å²) >= 11 is 0. The van der Waals surface area contributed by atoms with E-state index in [0.29, 0.717) is 23.4 Å². The van der Waals surface area contributed by atoms with Gasteiger partial charge in [-0.2, -0.15) is 4.98 Å². The number of nitrogens with one attached hydrogen (secondary N) is 1. The molecule has 0 fully saturated rings. The number of nitrogens with zero attached hydrogens (tertiary/aromatic N) is 3. The van der Waals surface area contributed by atoms with Crippen molar-refractivity contribution in [2.24, 2.45) is 0 Å². The third-order valence-corrected chi connectivity index (χ3v) is 5.70. The molecule has 0 radical (unpaired) electrons. The van der Waals surface area contributed by atoms with Crippen LogP contribution in [0.25, 0.3) is 11.4 Å². The molecule has 0 unspecified atom stereocenters. The lowest BCUT2D eigenvalue weighted by molar-refractivity contribution is 0.297. The highest BCUT2D eigenvalue weighted by molar-refractivity contribution is 7.89. The molecule has 0 spiro atoms. The minimum atomic E-state index is -3.23. The Balaban J connectivity index is 1.59. The number of hydrogen-bond acceptors (Lipinski definition) is 7. The van der Waals surface area contributed by atoms with E-state index >= 15 is 0 Å². The molecule has 0 bridgehead atoms. The minimum absolute atomic E-state index is 0.0635. The zero-order chi connectivity index (χ0) is 25.9. The quantitative estimate of drug-likeness (QED) is 0.260. The number of halogens is 4. The molecular weight excluding hydrogens is 500 g/mol. The molecule has 1 aromatic heterocycles. The second-order valence-electron chi connectivity index (χ2n) is 7.82. The molecule has 36 heavy (non-hydrogen) atoms. The zero-order valence-corrected chi connectivity index (χ0v) is 19.5. The standard InChI is InChI=1S/C24H18F4N4O3S/c1-36(33,34)12-14-3-2-4-17(7-14)31-24-30-13-29-23(32-24)18-6-5-16(25)9-22(18)35-11-15-8-20(27)21(28)10-19(15)26/h2-10,13H,11-12H2,1H3,(H,29,30,31,32). The summed E-state index contributed by atoms with van der Waals surface area (Å²) in [4.78, 5) is 12.4. The van der Waals surface area contributed by atoms with Crippen molar-refractivity contribution in [3.8, 4) is 17.1 Å². The average molecular weight is 518 g/mol. The van der Waals surface area contributed by atoms with Gasteiger partial charge in [0.1, 0.15) is 30.3 Å². The highest BCUT2D eigenvalue weighted by Crippen LogP contribution is 2.30. The molecule has 0 saturated heterocycles. The first-order chi connectivity index (χ1) is 17.1. The maximum Gasteiger partial charge on any atom is 0.230 e. The smallest absolute Gasteiger partial charge is 0.230 e. The maximum absolute atomic E-state index is 14.0. The Hall–Kier alpha value is -4.06. The van der Waals surface area contributed by atoms with Crippen LogP contribution >= 0.6 is 0 Å². The molecular formula is C24H18F4N4O3S. The van der Waals surface area contributed by atoms with Gasteiger partial charge in [0, 0.05) is 29.6 Å². The van der Waals surface area contributed by atoms with Gasteiger partial charge in [-0.1, -0.05) is 12.1 Å². The molecule has 7 nitrogen and oxygen atoms in total. The Labute approximate surface area is 203 Å². The lowest BCUT2D eigenvalue weighted by Gasteiger charge is -2.12. The first kappa shape index (κ1) is 25.0. The van der Waals surface area contributed by atoms with Crippen LogP contribution in [0, 0.1) is 23.3 Å². The van der Waals surface area contributed by atoms with E-state index in [1.54, 1.807) is 24.3 Å². The average Bonchev–Trinajstić information content (AvgIpc) is 2.80. The van der Waals surface area contributed by atoms with E-state index in [1.807, 2.05) is 0 Å². The van der Waals surface area contributed by atoms with E-state index in [-0.39, 0.29) is 34.4 Å². The molecule has 0 atom stereocenters. The number of hydrogen-bond donors (Lipinski definition) is 1. The van der Waals surface area contributed by atoms with Crippen LogP contribution in [0.3, 0.4) is 0 Å². The Morgan fingerprint density at radius 1 is 0.917 bits per heavy atom. The van der Waals surface area contributed by atoms with E-state index in [2.05, 4.69) is 20.3 Å². The Kier molecular flexibility index (Phi) is 7.15. The molecule has 1 N–H and O–H groups in total. The van der Waals surface area contributed by atoms with Crippen LogP contribution in [0.4, 0.5) is 29.2 Å². The molecule has 4 rings (SSSR count). The van der Waals surface area contributed by atoms with Crippen molar-refractivity contribution >= 4 is 21.5 Å². The van der Waals surface area contributed by atoms with Gasteiger partial charge in [0.15, 0.2) is 27.3 Å². The maximum atomic E-state index is 14.0. The molecule has 186 valence electrons. The third-order valence-electron chi connectivity index (χ3n) is 4.84. The number of anilines is 2. The van der Waals surface area contributed by atoms with Crippen LogP contribution < -0.4 is 10.1 Å². The van der Waals surface area contributed by atoms with Gasteiger partial charge in [-0.05, 0) is 35.9 Å². The largest absolute Gasteiger partial charge is 0.488 e. The van der Waals surface area contributed by atoms with Crippen LogP contribution in [0.2, 0.25) is 0 Å². The van der Waals surface area contributed by atoms with Crippen molar-refractivity contribution in [3.63, 3.8) is 0 Å². The highest BCUT2D eigenvalue weighted by atomic mass is 32.2. The number of aromatic nitrogens is 3. The van der Waals surface area contributed by atoms with Crippen molar-refractivity contribution in [2.75, 3.05) is 11.6 Å². The van der Waals surface area contributed by atoms with Gasteiger partial charge in [-0.15, -0.1) is 0 Å². The summed E-state index contributed by atoms with van der Waals surface area (Å²) in [5, 5.41) is 2.95.